The first-order valence-electron chi connectivity index (χ1n) is 12.3. The van der Waals surface area contributed by atoms with Crippen molar-refractivity contribution in [3.63, 3.8) is 0 Å². The number of nitrogens with one attached hydrogen (secondary N) is 1. The number of pyridine rings is 1. The zero-order valence-electron chi connectivity index (χ0n) is 21.3. The number of fused-ring (bicyclic) bond motifs is 3. The van der Waals surface area contributed by atoms with Crippen LogP contribution >= 0.6 is 0 Å². The highest BCUT2D eigenvalue weighted by molar-refractivity contribution is 7.89. The molecule has 0 fully saturated rings. The van der Waals surface area contributed by atoms with E-state index >= 15 is 0 Å². The van der Waals surface area contributed by atoms with Crippen LogP contribution in [-0.2, 0) is 29.5 Å². The van der Waals surface area contributed by atoms with Crippen LogP contribution in [-0.4, -0.2) is 50.6 Å². The molecule has 36 heavy (non-hydrogen) atoms. The summed E-state index contributed by atoms with van der Waals surface area (Å²) in [4.78, 5) is 7.16. The quantitative estimate of drug-likeness (QED) is 0.465. The smallest absolute Gasteiger partial charge is 0.240 e. The Balaban J connectivity index is 1.93. The second-order valence-corrected chi connectivity index (χ2v) is 11.6. The molecular weight excluding hydrogens is 477 g/mol. The van der Waals surface area contributed by atoms with Crippen molar-refractivity contribution in [1.29, 1.82) is 0 Å². The lowest BCUT2D eigenvalue weighted by Crippen LogP contribution is -2.31. The fourth-order valence-electron chi connectivity index (χ4n) is 4.86. The molecule has 0 spiro atoms. The molecule has 2 N–H and O–H groups in total. The lowest BCUT2D eigenvalue weighted by Gasteiger charge is -2.22. The van der Waals surface area contributed by atoms with Crippen molar-refractivity contribution in [2.75, 3.05) is 27.2 Å². The number of likely N-dealkylation sites (N-methyl/N-ethyl adjacent to an activating group) is 1. The van der Waals surface area contributed by atoms with E-state index in [1.54, 1.807) is 24.3 Å². The first-order chi connectivity index (χ1) is 17.1. The summed E-state index contributed by atoms with van der Waals surface area (Å²) in [6, 6.07) is 11.6. The van der Waals surface area contributed by atoms with Crippen molar-refractivity contribution in [3.05, 3.63) is 70.7 Å². The molecule has 0 amide bonds. The molecule has 3 aromatic rings. The summed E-state index contributed by atoms with van der Waals surface area (Å²) in [5.74, 6) is -0.293. The van der Waals surface area contributed by atoms with Crippen molar-refractivity contribution in [2.45, 2.75) is 50.5 Å². The third kappa shape index (κ3) is 5.37. The highest BCUT2D eigenvalue weighted by atomic mass is 32.2. The van der Waals surface area contributed by atoms with Gasteiger partial charge in [-0.2, -0.15) is 0 Å². The molecule has 1 heterocycles. The van der Waals surface area contributed by atoms with Gasteiger partial charge in [-0.1, -0.05) is 32.0 Å². The van der Waals surface area contributed by atoms with E-state index < -0.39 is 10.0 Å². The van der Waals surface area contributed by atoms with Gasteiger partial charge in [-0.3, -0.25) is 4.98 Å². The Morgan fingerprint density at radius 1 is 1.11 bits per heavy atom. The number of hydrogen-bond donors (Lipinski definition) is 2. The maximum atomic E-state index is 13.8. The first-order valence-corrected chi connectivity index (χ1v) is 13.8. The average molecular weight is 512 g/mol. The van der Waals surface area contributed by atoms with E-state index in [9.17, 15) is 17.9 Å². The molecule has 1 aliphatic rings. The zero-order valence-corrected chi connectivity index (χ0v) is 22.1. The summed E-state index contributed by atoms with van der Waals surface area (Å²) in [5, 5.41) is 10.4. The Morgan fingerprint density at radius 3 is 2.47 bits per heavy atom. The minimum Gasteiger partial charge on any atom is -0.392 e. The van der Waals surface area contributed by atoms with Crippen LogP contribution in [0.1, 0.15) is 48.6 Å². The topological polar surface area (TPSA) is 82.5 Å². The number of hydrogen-bond acceptors (Lipinski definition) is 5. The van der Waals surface area contributed by atoms with Crippen molar-refractivity contribution in [3.8, 4) is 22.4 Å². The summed E-state index contributed by atoms with van der Waals surface area (Å²) in [6.07, 6.45) is 2.36. The van der Waals surface area contributed by atoms with Gasteiger partial charge in [0, 0.05) is 29.9 Å². The SMILES string of the molecule is CC(C)c1nc2c(c(-c3ccc(F)cc3)c1CO)CCCc1ccc(S(=O)(=O)NCCN(C)C)cc1-2. The van der Waals surface area contributed by atoms with Gasteiger partial charge in [0.15, 0.2) is 0 Å². The fraction of sp³-hybridized carbons (Fsp3) is 0.393. The van der Waals surface area contributed by atoms with Gasteiger partial charge in [-0.25, -0.2) is 17.5 Å². The first kappa shape index (κ1) is 26.4. The number of aliphatic hydroxyl groups excluding tert-OH is 1. The number of benzene rings is 2. The molecule has 1 aromatic heterocycles. The van der Waals surface area contributed by atoms with Crippen LogP contribution < -0.4 is 4.72 Å². The van der Waals surface area contributed by atoms with Crippen molar-refractivity contribution in [1.82, 2.24) is 14.6 Å². The third-order valence-electron chi connectivity index (χ3n) is 6.64. The van der Waals surface area contributed by atoms with Gasteiger partial charge in [0.25, 0.3) is 0 Å². The van der Waals surface area contributed by atoms with Crippen LogP contribution in [0.2, 0.25) is 0 Å². The molecular formula is C28H34FN3O3S. The Hall–Kier alpha value is -2.65. The Bertz CT molecular complexity index is 1350. The second kappa shape index (κ2) is 10.8. The van der Waals surface area contributed by atoms with Gasteiger partial charge in [0.05, 0.1) is 17.2 Å². The highest BCUT2D eigenvalue weighted by Gasteiger charge is 2.27. The van der Waals surface area contributed by atoms with Gasteiger partial charge in [-0.05, 0) is 85.8 Å². The molecule has 0 atom stereocenters. The second-order valence-electron chi connectivity index (χ2n) is 9.87. The molecule has 6 nitrogen and oxygen atoms in total. The van der Waals surface area contributed by atoms with Gasteiger partial charge < -0.3 is 10.0 Å². The standard InChI is InChI=1S/C28H34FN3O3S/c1-18(2)27-25(17-33)26(20-8-11-21(29)12-9-20)23-7-5-6-19-10-13-22(16-24(19)28(23)31-27)36(34,35)30-14-15-32(3)4/h8-13,16,18,30,33H,5-7,14-15,17H2,1-4H3. The van der Waals surface area contributed by atoms with Crippen LogP contribution in [0.15, 0.2) is 47.4 Å². The van der Waals surface area contributed by atoms with E-state index in [-0.39, 0.29) is 23.2 Å². The van der Waals surface area contributed by atoms with E-state index in [0.717, 1.165) is 64.0 Å². The Kier molecular flexibility index (Phi) is 7.90. The van der Waals surface area contributed by atoms with Crippen molar-refractivity contribution < 1.29 is 17.9 Å². The van der Waals surface area contributed by atoms with Gasteiger partial charge in [-0.15, -0.1) is 0 Å². The van der Waals surface area contributed by atoms with Crippen molar-refractivity contribution in [2.24, 2.45) is 0 Å². The maximum Gasteiger partial charge on any atom is 0.240 e. The largest absolute Gasteiger partial charge is 0.392 e. The molecule has 0 saturated carbocycles. The summed E-state index contributed by atoms with van der Waals surface area (Å²) in [5.41, 5.74) is 6.75. The molecule has 0 radical (unpaired) electrons. The summed E-state index contributed by atoms with van der Waals surface area (Å²) in [7, 11) is 0.0913. The number of nitrogens with zero attached hydrogens (tertiary/aromatic N) is 2. The molecule has 2 aromatic carbocycles. The monoisotopic (exact) mass is 511 g/mol. The fourth-order valence-corrected chi connectivity index (χ4v) is 5.90. The van der Waals surface area contributed by atoms with Crippen LogP contribution in [0, 0.1) is 5.82 Å². The highest BCUT2D eigenvalue weighted by Crippen LogP contribution is 2.42. The Morgan fingerprint density at radius 2 is 1.83 bits per heavy atom. The van der Waals surface area contributed by atoms with Crippen molar-refractivity contribution >= 4 is 10.0 Å². The molecule has 0 saturated heterocycles. The molecule has 8 heteroatoms. The maximum absolute atomic E-state index is 13.8. The number of aryl methyl sites for hydroxylation is 1. The predicted octanol–water partition coefficient (Wildman–Crippen LogP) is 4.50. The van der Waals surface area contributed by atoms with E-state index in [1.807, 2.05) is 38.9 Å². The molecule has 4 rings (SSSR count). The minimum atomic E-state index is -3.70. The van der Waals surface area contributed by atoms with Crippen LogP contribution in [0.5, 0.6) is 0 Å². The average Bonchev–Trinajstić information content (AvgIpc) is 3.01. The number of rotatable bonds is 8. The number of aliphatic hydroxyl groups is 1. The summed E-state index contributed by atoms with van der Waals surface area (Å²) in [6.45, 7) is 4.77. The van der Waals surface area contributed by atoms with Crippen LogP contribution in [0.4, 0.5) is 4.39 Å². The summed E-state index contributed by atoms with van der Waals surface area (Å²) < 4.78 is 42.6. The van der Waals surface area contributed by atoms with Gasteiger partial charge >= 0.3 is 0 Å². The summed E-state index contributed by atoms with van der Waals surface area (Å²) >= 11 is 0. The normalized spacial score (nSPS) is 13.6. The molecule has 0 bridgehead atoms. The predicted molar refractivity (Wildman–Crippen MR) is 141 cm³/mol. The lowest BCUT2D eigenvalue weighted by molar-refractivity contribution is 0.280. The molecule has 0 unspecified atom stereocenters. The van der Waals surface area contributed by atoms with Gasteiger partial charge in [0.1, 0.15) is 5.82 Å². The van der Waals surface area contributed by atoms with Crippen LogP contribution in [0.3, 0.4) is 0 Å². The van der Waals surface area contributed by atoms with E-state index in [1.165, 1.54) is 12.1 Å². The van der Waals surface area contributed by atoms with Gasteiger partial charge in [0.2, 0.25) is 10.0 Å². The third-order valence-corrected chi connectivity index (χ3v) is 8.10. The Labute approximate surface area is 213 Å². The lowest BCUT2D eigenvalue weighted by atomic mass is 9.87. The minimum absolute atomic E-state index is 0.0305. The van der Waals surface area contributed by atoms with E-state index in [4.69, 9.17) is 4.98 Å². The number of halogens is 1. The molecule has 1 aliphatic carbocycles. The number of sulfonamides is 1. The molecule has 0 aliphatic heterocycles. The molecule has 192 valence electrons. The number of aromatic nitrogens is 1. The van der Waals surface area contributed by atoms with E-state index in [0.29, 0.717) is 13.1 Å². The van der Waals surface area contributed by atoms with E-state index in [2.05, 4.69) is 4.72 Å². The zero-order chi connectivity index (χ0) is 26.0. The van der Waals surface area contributed by atoms with Crippen LogP contribution in [0.25, 0.3) is 22.4 Å².